The van der Waals surface area contributed by atoms with Crippen LogP contribution in [0.5, 0.6) is 5.75 Å². The normalized spacial score (nSPS) is 10.3. The first-order chi connectivity index (χ1) is 8.99. The fourth-order valence-corrected chi connectivity index (χ4v) is 1.44. The highest BCUT2D eigenvalue weighted by molar-refractivity contribution is 5.87. The standard InChI is InChI=1S/C15H21NO3/c1-11(2)14(17)10-16-15(18)7-8-19-13-6-4-5-12(3)9-13/h4-6,9,11H,7-8,10H2,1-3H3,(H,16,18). The van der Waals surface area contributed by atoms with Gasteiger partial charge in [0, 0.05) is 5.92 Å². The number of benzene rings is 1. The molecule has 1 rings (SSSR count). The van der Waals surface area contributed by atoms with E-state index in [-0.39, 0.29) is 30.6 Å². The molecule has 0 aliphatic heterocycles. The van der Waals surface area contributed by atoms with Crippen LogP contribution in [0.3, 0.4) is 0 Å². The summed E-state index contributed by atoms with van der Waals surface area (Å²) >= 11 is 0. The van der Waals surface area contributed by atoms with Gasteiger partial charge in [-0.1, -0.05) is 26.0 Å². The highest BCUT2D eigenvalue weighted by atomic mass is 16.5. The lowest BCUT2D eigenvalue weighted by Gasteiger charge is -2.08. The second-order valence-corrected chi connectivity index (χ2v) is 4.81. The molecule has 0 aliphatic carbocycles. The number of aryl methyl sites for hydroxylation is 1. The monoisotopic (exact) mass is 263 g/mol. The van der Waals surface area contributed by atoms with Crippen molar-refractivity contribution >= 4 is 11.7 Å². The van der Waals surface area contributed by atoms with Crippen molar-refractivity contribution in [1.29, 1.82) is 0 Å². The number of hydrogen-bond acceptors (Lipinski definition) is 3. The highest BCUT2D eigenvalue weighted by Crippen LogP contribution is 2.12. The number of carbonyl (C=O) groups is 2. The van der Waals surface area contributed by atoms with E-state index in [0.717, 1.165) is 11.3 Å². The Kier molecular flexibility index (Phi) is 6.06. The molecule has 1 aromatic rings. The first-order valence-electron chi connectivity index (χ1n) is 6.48. The van der Waals surface area contributed by atoms with Crippen molar-refractivity contribution < 1.29 is 14.3 Å². The molecule has 0 aliphatic rings. The minimum atomic E-state index is -0.165. The maximum Gasteiger partial charge on any atom is 0.223 e. The van der Waals surface area contributed by atoms with Crippen LogP contribution < -0.4 is 10.1 Å². The van der Waals surface area contributed by atoms with Gasteiger partial charge in [0.05, 0.1) is 19.6 Å². The molecule has 1 aromatic carbocycles. The molecule has 0 saturated heterocycles. The maximum absolute atomic E-state index is 11.5. The molecule has 4 heteroatoms. The summed E-state index contributed by atoms with van der Waals surface area (Å²) in [5, 5.41) is 2.59. The zero-order valence-corrected chi connectivity index (χ0v) is 11.7. The van der Waals surface area contributed by atoms with Gasteiger partial charge in [-0.25, -0.2) is 0 Å². The Balaban J connectivity index is 2.22. The summed E-state index contributed by atoms with van der Waals surface area (Å²) in [4.78, 5) is 22.8. The zero-order chi connectivity index (χ0) is 14.3. The van der Waals surface area contributed by atoms with Crippen LogP contribution in [-0.4, -0.2) is 24.8 Å². The fourth-order valence-electron chi connectivity index (χ4n) is 1.44. The molecule has 104 valence electrons. The average molecular weight is 263 g/mol. The lowest BCUT2D eigenvalue weighted by molar-refractivity contribution is -0.126. The quantitative estimate of drug-likeness (QED) is 0.819. The third-order valence-electron chi connectivity index (χ3n) is 2.69. The van der Waals surface area contributed by atoms with E-state index in [2.05, 4.69) is 5.32 Å². The van der Waals surface area contributed by atoms with E-state index < -0.39 is 0 Å². The SMILES string of the molecule is Cc1cccc(OCCC(=O)NCC(=O)C(C)C)c1. The Morgan fingerprint density at radius 3 is 2.68 bits per heavy atom. The van der Waals surface area contributed by atoms with Crippen LogP contribution in [0, 0.1) is 12.8 Å². The minimum absolute atomic E-state index is 0.0351. The number of ketones is 1. The minimum Gasteiger partial charge on any atom is -0.493 e. The number of nitrogens with one attached hydrogen (secondary N) is 1. The van der Waals surface area contributed by atoms with E-state index in [0.29, 0.717) is 6.61 Å². The van der Waals surface area contributed by atoms with Crippen LogP contribution in [-0.2, 0) is 9.59 Å². The predicted octanol–water partition coefficient (Wildman–Crippen LogP) is 2.11. The van der Waals surface area contributed by atoms with Crippen LogP contribution in [0.2, 0.25) is 0 Å². The Hall–Kier alpha value is -1.84. The van der Waals surface area contributed by atoms with Crippen molar-refractivity contribution in [1.82, 2.24) is 5.32 Å². The number of Topliss-reactive ketones (excluding diaryl/α,β-unsaturated/α-hetero) is 1. The summed E-state index contributed by atoms with van der Waals surface area (Å²) in [5.41, 5.74) is 1.12. The average Bonchev–Trinajstić information content (AvgIpc) is 2.36. The molecule has 0 bridgehead atoms. The molecule has 0 saturated carbocycles. The molecule has 0 spiro atoms. The van der Waals surface area contributed by atoms with Crippen molar-refractivity contribution in [3.8, 4) is 5.75 Å². The van der Waals surface area contributed by atoms with Crippen LogP contribution >= 0.6 is 0 Å². The highest BCUT2D eigenvalue weighted by Gasteiger charge is 2.09. The zero-order valence-electron chi connectivity index (χ0n) is 11.7. The van der Waals surface area contributed by atoms with Crippen molar-refractivity contribution in [3.05, 3.63) is 29.8 Å². The van der Waals surface area contributed by atoms with Gasteiger partial charge in [0.15, 0.2) is 5.78 Å². The molecule has 0 atom stereocenters. The topological polar surface area (TPSA) is 55.4 Å². The molecule has 4 nitrogen and oxygen atoms in total. The van der Waals surface area contributed by atoms with Crippen molar-refractivity contribution in [2.45, 2.75) is 27.2 Å². The summed E-state index contributed by atoms with van der Waals surface area (Å²) in [7, 11) is 0. The van der Waals surface area contributed by atoms with Gasteiger partial charge in [-0.05, 0) is 24.6 Å². The van der Waals surface area contributed by atoms with Crippen LogP contribution in [0.25, 0.3) is 0 Å². The fraction of sp³-hybridized carbons (Fsp3) is 0.467. The molecule has 1 amide bonds. The Morgan fingerprint density at radius 1 is 1.32 bits per heavy atom. The number of hydrogen-bond donors (Lipinski definition) is 1. The maximum atomic E-state index is 11.5. The number of ether oxygens (including phenoxy) is 1. The number of rotatable bonds is 7. The third kappa shape index (κ3) is 6.04. The van der Waals surface area contributed by atoms with Crippen LogP contribution in [0.1, 0.15) is 25.8 Å². The summed E-state index contributed by atoms with van der Waals surface area (Å²) in [5.74, 6) is 0.574. The Morgan fingerprint density at radius 2 is 2.05 bits per heavy atom. The summed E-state index contributed by atoms with van der Waals surface area (Å²) < 4.78 is 5.47. The van der Waals surface area contributed by atoms with Crippen molar-refractivity contribution in [2.75, 3.05) is 13.2 Å². The molecule has 0 aromatic heterocycles. The lowest BCUT2D eigenvalue weighted by Crippen LogP contribution is -2.32. The Labute approximate surface area is 114 Å². The summed E-state index contributed by atoms with van der Waals surface area (Å²) in [6, 6.07) is 7.66. The van der Waals surface area contributed by atoms with E-state index in [1.165, 1.54) is 0 Å². The molecule has 19 heavy (non-hydrogen) atoms. The van der Waals surface area contributed by atoms with Gasteiger partial charge in [-0.3, -0.25) is 9.59 Å². The molecule has 0 unspecified atom stereocenters. The molecule has 0 fully saturated rings. The third-order valence-corrected chi connectivity index (χ3v) is 2.69. The van der Waals surface area contributed by atoms with Crippen molar-refractivity contribution in [2.24, 2.45) is 5.92 Å². The summed E-state index contributed by atoms with van der Waals surface area (Å²) in [6.45, 7) is 6.02. The molecule has 0 radical (unpaired) electrons. The van der Waals surface area contributed by atoms with Gasteiger partial charge < -0.3 is 10.1 Å². The van der Waals surface area contributed by atoms with Gasteiger partial charge >= 0.3 is 0 Å². The van der Waals surface area contributed by atoms with Crippen LogP contribution in [0.4, 0.5) is 0 Å². The van der Waals surface area contributed by atoms with Gasteiger partial charge in [0.25, 0.3) is 0 Å². The van der Waals surface area contributed by atoms with Gasteiger partial charge in [0.2, 0.25) is 5.91 Å². The first-order valence-corrected chi connectivity index (χ1v) is 6.48. The van der Waals surface area contributed by atoms with Gasteiger partial charge in [-0.15, -0.1) is 0 Å². The van der Waals surface area contributed by atoms with E-state index >= 15 is 0 Å². The largest absolute Gasteiger partial charge is 0.493 e. The van der Waals surface area contributed by atoms with E-state index in [9.17, 15) is 9.59 Å². The number of carbonyl (C=O) groups excluding carboxylic acids is 2. The Bertz CT molecular complexity index is 441. The van der Waals surface area contributed by atoms with Crippen molar-refractivity contribution in [3.63, 3.8) is 0 Å². The molecular weight excluding hydrogens is 242 g/mol. The smallest absolute Gasteiger partial charge is 0.223 e. The van der Waals surface area contributed by atoms with E-state index in [4.69, 9.17) is 4.74 Å². The van der Waals surface area contributed by atoms with Gasteiger partial charge in [-0.2, -0.15) is 0 Å². The second-order valence-electron chi connectivity index (χ2n) is 4.81. The molecule has 0 heterocycles. The molecular formula is C15H21NO3. The number of amides is 1. The first kappa shape index (κ1) is 15.2. The van der Waals surface area contributed by atoms with E-state index in [1.807, 2.05) is 45.0 Å². The second kappa shape index (κ2) is 7.56. The van der Waals surface area contributed by atoms with Crippen LogP contribution in [0.15, 0.2) is 24.3 Å². The summed E-state index contributed by atoms with van der Waals surface area (Å²) in [6.07, 6.45) is 0.249. The lowest BCUT2D eigenvalue weighted by atomic mass is 10.1. The molecule has 1 N–H and O–H groups in total. The predicted molar refractivity (Wildman–Crippen MR) is 74.1 cm³/mol. The van der Waals surface area contributed by atoms with Gasteiger partial charge in [0.1, 0.15) is 5.75 Å². The van der Waals surface area contributed by atoms with E-state index in [1.54, 1.807) is 0 Å².